The molecule has 2 heterocycles. The van der Waals surface area contributed by atoms with Crippen molar-refractivity contribution in [3.8, 4) is 6.07 Å². The number of allylic oxidation sites excluding steroid dienone is 3. The van der Waals surface area contributed by atoms with Crippen molar-refractivity contribution in [3.63, 3.8) is 0 Å². The van der Waals surface area contributed by atoms with Gasteiger partial charge in [-0.15, -0.1) is 0 Å². The lowest BCUT2D eigenvalue weighted by molar-refractivity contribution is -0.116. The van der Waals surface area contributed by atoms with Crippen LogP contribution in [0.4, 0.5) is 5.69 Å². The van der Waals surface area contributed by atoms with Gasteiger partial charge in [-0.05, 0) is 49.8 Å². The number of Topliss-reactive ketones (excluding diaryl/α,β-unsaturated/α-hetero) is 1. The van der Waals surface area contributed by atoms with Gasteiger partial charge < -0.3 is 10.2 Å². The molecule has 2 N–H and O–H groups in total. The Kier molecular flexibility index (Phi) is 6.11. The average molecular weight is 474 g/mol. The number of thioether (sulfide) groups is 1. The van der Waals surface area contributed by atoms with Gasteiger partial charge in [0.2, 0.25) is 0 Å². The summed E-state index contributed by atoms with van der Waals surface area (Å²) in [6, 6.07) is 9.29. The average Bonchev–Trinajstić information content (AvgIpc) is 3.06. The third kappa shape index (κ3) is 3.87. The van der Waals surface area contributed by atoms with Crippen LogP contribution in [0.1, 0.15) is 43.4 Å². The Morgan fingerprint density at radius 1 is 1.26 bits per heavy atom. The smallest absolute Gasteiger partial charge is 0.164 e. The molecule has 31 heavy (non-hydrogen) atoms. The van der Waals surface area contributed by atoms with Gasteiger partial charge in [0.15, 0.2) is 10.9 Å². The van der Waals surface area contributed by atoms with Crippen molar-refractivity contribution < 1.29 is 9.21 Å². The number of nitrogens with two attached hydrogens (primary N) is 1. The largest absolute Gasteiger partial charge is 0.455 e. The number of hydrogen-bond acceptors (Lipinski definition) is 6. The Hall–Kier alpha value is -2.33. The number of nitrogens with zero attached hydrogens (tertiary/aromatic N) is 2. The lowest BCUT2D eigenvalue weighted by atomic mass is 9.76. The minimum Gasteiger partial charge on any atom is -0.455 e. The van der Waals surface area contributed by atoms with Gasteiger partial charge in [0.05, 0.1) is 23.2 Å². The zero-order valence-corrected chi connectivity index (χ0v) is 19.5. The topological polar surface area (TPSA) is 83.3 Å². The molecule has 0 saturated carbocycles. The molecule has 1 aromatic heterocycles. The number of hydrogen-bond donors (Lipinski definition) is 1. The normalized spacial score (nSPS) is 19.0. The molecular weight excluding hydrogens is 453 g/mol. The summed E-state index contributed by atoms with van der Waals surface area (Å²) in [6.07, 6.45) is 1.81. The molecule has 0 fully saturated rings. The molecule has 1 aliphatic heterocycles. The predicted octanol–water partition coefficient (Wildman–Crippen LogP) is 6.31. The highest BCUT2D eigenvalue weighted by Crippen LogP contribution is 2.49. The van der Waals surface area contributed by atoms with Crippen LogP contribution >= 0.6 is 35.0 Å². The fraction of sp³-hybridized carbons (Fsp3) is 0.304. The number of nitriles is 1. The number of furan rings is 1. The maximum atomic E-state index is 13.2. The Bertz CT molecular complexity index is 1160. The summed E-state index contributed by atoms with van der Waals surface area (Å²) in [7, 11) is 0. The van der Waals surface area contributed by atoms with Crippen LogP contribution in [0.3, 0.4) is 0 Å². The van der Waals surface area contributed by atoms with E-state index in [1.165, 1.54) is 0 Å². The molecular formula is C23H21Cl2N3O2S. The van der Waals surface area contributed by atoms with Gasteiger partial charge in [-0.25, -0.2) is 0 Å². The zero-order valence-electron chi connectivity index (χ0n) is 17.2. The van der Waals surface area contributed by atoms with Crippen LogP contribution < -0.4 is 10.6 Å². The first-order valence-corrected chi connectivity index (χ1v) is 11.7. The lowest BCUT2D eigenvalue weighted by Gasteiger charge is -2.39. The number of aryl methyl sites for hydroxylation is 1. The molecule has 160 valence electrons. The summed E-state index contributed by atoms with van der Waals surface area (Å²) in [5, 5.41) is 11.8. The molecule has 2 aromatic rings. The number of anilines is 1. The van der Waals surface area contributed by atoms with E-state index in [4.69, 9.17) is 33.4 Å². The second kappa shape index (κ2) is 8.66. The molecule has 1 unspecified atom stereocenters. The summed E-state index contributed by atoms with van der Waals surface area (Å²) < 4.78 is 5.90. The fourth-order valence-corrected chi connectivity index (χ4v) is 5.63. The molecule has 0 radical (unpaired) electrons. The number of rotatable bonds is 4. The van der Waals surface area contributed by atoms with Gasteiger partial charge >= 0.3 is 0 Å². The lowest BCUT2D eigenvalue weighted by Crippen LogP contribution is -2.38. The number of halogens is 2. The molecule has 8 heteroatoms. The molecule has 5 nitrogen and oxygen atoms in total. The second-order valence-corrected chi connectivity index (χ2v) is 9.59. The van der Waals surface area contributed by atoms with Crippen molar-refractivity contribution >= 4 is 46.4 Å². The molecule has 1 aliphatic carbocycles. The van der Waals surface area contributed by atoms with Crippen LogP contribution in [-0.4, -0.2) is 11.5 Å². The number of benzene rings is 1. The van der Waals surface area contributed by atoms with Gasteiger partial charge in [0, 0.05) is 33.3 Å². The van der Waals surface area contributed by atoms with Crippen molar-refractivity contribution in [2.24, 2.45) is 5.73 Å². The van der Waals surface area contributed by atoms with Crippen molar-refractivity contribution in [1.82, 2.24) is 0 Å². The quantitative estimate of drug-likeness (QED) is 0.523. The summed E-state index contributed by atoms with van der Waals surface area (Å²) in [5.74, 6) is 1.30. The van der Waals surface area contributed by atoms with Crippen LogP contribution in [0.2, 0.25) is 10.0 Å². The number of ketones is 1. The van der Waals surface area contributed by atoms with E-state index in [1.807, 2.05) is 19.9 Å². The molecule has 4 rings (SSSR count). The molecule has 1 atom stereocenters. The minimum absolute atomic E-state index is 0.0240. The van der Waals surface area contributed by atoms with Crippen LogP contribution in [0.25, 0.3) is 0 Å². The first kappa shape index (κ1) is 21.9. The SMILES string of the molecule is CCSc1oc(C)cc1C1C(C#N)=C(N)N(c2cc(Cl)cc(Cl)c2)C2=C1C(=O)CCC2. The fourth-order valence-electron chi connectivity index (χ4n) is 4.32. The van der Waals surface area contributed by atoms with Crippen LogP contribution in [0.5, 0.6) is 0 Å². The van der Waals surface area contributed by atoms with Crippen molar-refractivity contribution in [2.45, 2.75) is 44.1 Å². The summed E-state index contributed by atoms with van der Waals surface area (Å²) in [5.41, 5.74) is 9.76. The molecule has 0 amide bonds. The predicted molar refractivity (Wildman–Crippen MR) is 124 cm³/mol. The highest BCUT2D eigenvalue weighted by molar-refractivity contribution is 7.99. The third-order valence-corrected chi connectivity index (χ3v) is 6.76. The minimum atomic E-state index is -0.551. The van der Waals surface area contributed by atoms with E-state index >= 15 is 0 Å². The van der Waals surface area contributed by atoms with E-state index in [-0.39, 0.29) is 11.6 Å². The molecule has 2 aliphatic rings. The van der Waals surface area contributed by atoms with Crippen LogP contribution in [0, 0.1) is 18.3 Å². The van der Waals surface area contributed by atoms with E-state index in [1.54, 1.807) is 34.9 Å². The second-order valence-electron chi connectivity index (χ2n) is 7.48. The van der Waals surface area contributed by atoms with E-state index in [2.05, 4.69) is 6.07 Å². The standard InChI is InChI=1S/C23H21Cl2N3O2S/c1-3-31-23-16(7-12(2)30-23)20-17(11-26)22(27)28(15-9-13(24)8-14(25)10-15)18-5-4-6-19(29)21(18)20/h7-10,20H,3-6,27H2,1-2H3. The Balaban J connectivity index is 1.99. The summed E-state index contributed by atoms with van der Waals surface area (Å²) in [6.45, 7) is 3.90. The van der Waals surface area contributed by atoms with Crippen molar-refractivity contribution in [2.75, 3.05) is 10.7 Å². The van der Waals surface area contributed by atoms with Gasteiger partial charge in [-0.1, -0.05) is 41.9 Å². The Labute approximate surface area is 195 Å². The monoisotopic (exact) mass is 473 g/mol. The van der Waals surface area contributed by atoms with E-state index in [0.717, 1.165) is 27.9 Å². The van der Waals surface area contributed by atoms with Gasteiger partial charge in [0.25, 0.3) is 0 Å². The molecule has 0 spiro atoms. The van der Waals surface area contributed by atoms with Crippen LogP contribution in [0.15, 0.2) is 56.4 Å². The third-order valence-electron chi connectivity index (χ3n) is 5.45. The highest BCUT2D eigenvalue weighted by atomic mass is 35.5. The Morgan fingerprint density at radius 3 is 2.61 bits per heavy atom. The highest BCUT2D eigenvalue weighted by Gasteiger charge is 2.42. The molecule has 0 bridgehead atoms. The van der Waals surface area contributed by atoms with E-state index < -0.39 is 5.92 Å². The maximum absolute atomic E-state index is 13.2. The summed E-state index contributed by atoms with van der Waals surface area (Å²) in [4.78, 5) is 15.0. The number of carbonyl (C=O) groups is 1. The maximum Gasteiger partial charge on any atom is 0.164 e. The molecule has 1 aromatic carbocycles. The van der Waals surface area contributed by atoms with Crippen LogP contribution in [-0.2, 0) is 4.79 Å². The van der Waals surface area contributed by atoms with Crippen molar-refractivity contribution in [1.29, 1.82) is 5.26 Å². The van der Waals surface area contributed by atoms with Gasteiger partial charge in [-0.3, -0.25) is 9.69 Å². The van der Waals surface area contributed by atoms with Gasteiger partial charge in [-0.2, -0.15) is 5.26 Å². The van der Waals surface area contributed by atoms with E-state index in [9.17, 15) is 10.1 Å². The zero-order chi connectivity index (χ0) is 22.3. The van der Waals surface area contributed by atoms with E-state index in [0.29, 0.717) is 46.1 Å². The Morgan fingerprint density at radius 2 is 1.97 bits per heavy atom. The number of carbonyl (C=O) groups excluding carboxylic acids is 1. The first-order chi connectivity index (χ1) is 14.8. The van der Waals surface area contributed by atoms with Crippen molar-refractivity contribution in [3.05, 3.63) is 68.3 Å². The summed E-state index contributed by atoms with van der Waals surface area (Å²) >= 11 is 14.0. The van der Waals surface area contributed by atoms with Gasteiger partial charge in [0.1, 0.15) is 11.6 Å². The molecule has 0 saturated heterocycles. The first-order valence-electron chi connectivity index (χ1n) is 10.0.